The topological polar surface area (TPSA) is 51.0 Å². The molecule has 2 heterocycles. The number of aromatic nitrogens is 2. The fourth-order valence-electron chi connectivity index (χ4n) is 2.64. The van der Waals surface area contributed by atoms with Crippen LogP contribution in [0.15, 0.2) is 22.7 Å². The van der Waals surface area contributed by atoms with E-state index < -0.39 is 0 Å². The highest BCUT2D eigenvalue weighted by molar-refractivity contribution is 5.63. The smallest absolute Gasteiger partial charge is 0.257 e. The van der Waals surface area contributed by atoms with Crippen molar-refractivity contribution in [2.75, 3.05) is 11.9 Å². The maximum Gasteiger partial charge on any atom is 0.257 e. The second-order valence-corrected chi connectivity index (χ2v) is 5.57. The fourth-order valence-corrected chi connectivity index (χ4v) is 2.64. The lowest BCUT2D eigenvalue weighted by molar-refractivity contribution is 0.421. The molecule has 1 aromatic heterocycles. The Morgan fingerprint density at radius 1 is 1.32 bits per heavy atom. The Hall–Kier alpha value is -1.84. The van der Waals surface area contributed by atoms with Gasteiger partial charge < -0.3 is 9.84 Å². The van der Waals surface area contributed by atoms with Gasteiger partial charge in [-0.2, -0.15) is 4.98 Å². The minimum Gasteiger partial charge on any atom is -0.385 e. The lowest BCUT2D eigenvalue weighted by Gasteiger charge is -2.17. The first-order valence-electron chi connectivity index (χ1n) is 7.08. The van der Waals surface area contributed by atoms with Gasteiger partial charge in [-0.05, 0) is 55.4 Å². The number of hydrogen-bond acceptors (Lipinski definition) is 4. The van der Waals surface area contributed by atoms with E-state index in [4.69, 9.17) is 4.52 Å². The molecule has 0 bridgehead atoms. The number of benzene rings is 1. The van der Waals surface area contributed by atoms with Crippen molar-refractivity contribution < 1.29 is 4.52 Å². The number of fused-ring (bicyclic) bond motifs is 1. The maximum absolute atomic E-state index is 5.39. The molecule has 4 nitrogen and oxygen atoms in total. The summed E-state index contributed by atoms with van der Waals surface area (Å²) in [5.74, 6) is 2.30. The molecule has 98 valence electrons. The average molecular weight is 255 g/mol. The van der Waals surface area contributed by atoms with Crippen molar-refractivity contribution in [3.8, 4) is 11.5 Å². The summed E-state index contributed by atoms with van der Waals surface area (Å²) in [5, 5.41) is 7.50. The second kappa shape index (κ2) is 4.37. The van der Waals surface area contributed by atoms with E-state index in [1.54, 1.807) is 0 Å². The summed E-state index contributed by atoms with van der Waals surface area (Å²) < 4.78 is 5.39. The standard InChI is InChI=1S/C15H17N3O/c1-2-11-9-12(5-6-13(11)16-7-1)15-17-14(18-19-15)8-10-3-4-10/h5-6,9-10,16H,1-4,7-8H2. The first-order chi connectivity index (χ1) is 9.38. The van der Waals surface area contributed by atoms with Crippen LogP contribution < -0.4 is 5.32 Å². The molecule has 0 atom stereocenters. The minimum atomic E-state index is 0.657. The van der Waals surface area contributed by atoms with Crippen molar-refractivity contribution >= 4 is 5.69 Å². The van der Waals surface area contributed by atoms with Gasteiger partial charge in [0.1, 0.15) is 0 Å². The molecular formula is C15H17N3O. The lowest BCUT2D eigenvalue weighted by Crippen LogP contribution is -2.11. The molecule has 0 radical (unpaired) electrons. The Morgan fingerprint density at radius 3 is 3.16 bits per heavy atom. The zero-order valence-corrected chi connectivity index (χ0v) is 10.9. The highest BCUT2D eigenvalue weighted by Gasteiger charge is 2.24. The van der Waals surface area contributed by atoms with Crippen molar-refractivity contribution in [3.05, 3.63) is 29.6 Å². The maximum atomic E-state index is 5.39. The Labute approximate surface area is 112 Å². The Bertz CT molecular complexity index is 601. The van der Waals surface area contributed by atoms with Crippen molar-refractivity contribution in [2.45, 2.75) is 32.1 Å². The summed E-state index contributed by atoms with van der Waals surface area (Å²) in [6.07, 6.45) is 5.91. The molecule has 1 saturated carbocycles. The highest BCUT2D eigenvalue weighted by atomic mass is 16.5. The summed E-state index contributed by atoms with van der Waals surface area (Å²) in [6, 6.07) is 6.36. The third-order valence-corrected chi connectivity index (χ3v) is 3.93. The number of nitrogens with zero attached hydrogens (tertiary/aromatic N) is 2. The Morgan fingerprint density at radius 2 is 2.26 bits per heavy atom. The third kappa shape index (κ3) is 2.23. The van der Waals surface area contributed by atoms with Crippen LogP contribution in [0.2, 0.25) is 0 Å². The van der Waals surface area contributed by atoms with E-state index in [0.717, 1.165) is 36.7 Å². The molecule has 2 aromatic rings. The molecule has 0 spiro atoms. The van der Waals surface area contributed by atoms with Crippen molar-refractivity contribution in [3.63, 3.8) is 0 Å². The van der Waals surface area contributed by atoms with E-state index in [1.807, 2.05) is 0 Å². The number of rotatable bonds is 3. The Kier molecular flexibility index (Phi) is 2.53. The molecule has 1 aliphatic carbocycles. The van der Waals surface area contributed by atoms with Crippen LogP contribution >= 0.6 is 0 Å². The van der Waals surface area contributed by atoms with Crippen molar-refractivity contribution in [1.82, 2.24) is 10.1 Å². The van der Waals surface area contributed by atoms with E-state index in [9.17, 15) is 0 Å². The molecule has 0 amide bonds. The SMILES string of the molecule is c1cc2c(cc1-c1nc(CC3CC3)no1)CCCN2. The van der Waals surface area contributed by atoms with Crippen LogP contribution in [0.4, 0.5) is 5.69 Å². The third-order valence-electron chi connectivity index (χ3n) is 3.93. The zero-order chi connectivity index (χ0) is 12.7. The number of anilines is 1. The van der Waals surface area contributed by atoms with Gasteiger partial charge in [-0.15, -0.1) is 0 Å². The largest absolute Gasteiger partial charge is 0.385 e. The van der Waals surface area contributed by atoms with Crippen LogP contribution in [0.25, 0.3) is 11.5 Å². The molecule has 0 unspecified atom stereocenters. The van der Waals surface area contributed by atoms with Crippen molar-refractivity contribution in [2.24, 2.45) is 5.92 Å². The first-order valence-corrected chi connectivity index (χ1v) is 7.08. The van der Waals surface area contributed by atoms with Crippen LogP contribution in [0.5, 0.6) is 0 Å². The van der Waals surface area contributed by atoms with Gasteiger partial charge in [0.2, 0.25) is 0 Å². The van der Waals surface area contributed by atoms with Gasteiger partial charge in [0.25, 0.3) is 5.89 Å². The van der Waals surface area contributed by atoms with Crippen molar-refractivity contribution in [1.29, 1.82) is 0 Å². The molecule has 1 aromatic carbocycles. The molecule has 0 saturated heterocycles. The van der Waals surface area contributed by atoms with Gasteiger partial charge in [-0.1, -0.05) is 5.16 Å². The van der Waals surface area contributed by atoms with Gasteiger partial charge in [-0.3, -0.25) is 0 Å². The molecule has 1 aliphatic heterocycles. The molecule has 4 rings (SSSR count). The van der Waals surface area contributed by atoms with E-state index in [2.05, 4.69) is 33.7 Å². The zero-order valence-electron chi connectivity index (χ0n) is 10.9. The second-order valence-electron chi connectivity index (χ2n) is 5.57. The molecule has 2 aliphatic rings. The van der Waals surface area contributed by atoms with Crippen LogP contribution in [0.3, 0.4) is 0 Å². The van der Waals surface area contributed by atoms with Gasteiger partial charge in [-0.25, -0.2) is 0 Å². The first kappa shape index (κ1) is 11.0. The van der Waals surface area contributed by atoms with E-state index in [0.29, 0.717) is 5.89 Å². The summed E-state index contributed by atoms with van der Waals surface area (Å²) in [4.78, 5) is 4.51. The average Bonchev–Trinajstić information content (AvgIpc) is 3.14. The molecule has 1 fully saturated rings. The Balaban J connectivity index is 1.61. The van der Waals surface area contributed by atoms with Gasteiger partial charge in [0, 0.05) is 24.2 Å². The predicted octanol–water partition coefficient (Wildman–Crippen LogP) is 3.05. The summed E-state index contributed by atoms with van der Waals surface area (Å²) in [5.41, 5.74) is 3.63. The molecule has 1 N–H and O–H groups in total. The quantitative estimate of drug-likeness (QED) is 0.915. The molecular weight excluding hydrogens is 238 g/mol. The van der Waals surface area contributed by atoms with E-state index >= 15 is 0 Å². The summed E-state index contributed by atoms with van der Waals surface area (Å²) >= 11 is 0. The summed E-state index contributed by atoms with van der Waals surface area (Å²) in [7, 11) is 0. The monoisotopic (exact) mass is 255 g/mol. The summed E-state index contributed by atoms with van der Waals surface area (Å²) in [6.45, 7) is 1.07. The highest BCUT2D eigenvalue weighted by Crippen LogP contribution is 2.32. The lowest BCUT2D eigenvalue weighted by atomic mass is 10.0. The van der Waals surface area contributed by atoms with Gasteiger partial charge in [0.05, 0.1) is 0 Å². The van der Waals surface area contributed by atoms with Crippen LogP contribution in [0.1, 0.15) is 30.7 Å². The fraction of sp³-hybridized carbons (Fsp3) is 0.467. The van der Waals surface area contributed by atoms with E-state index in [-0.39, 0.29) is 0 Å². The van der Waals surface area contributed by atoms with Crippen LogP contribution in [-0.2, 0) is 12.8 Å². The van der Waals surface area contributed by atoms with Gasteiger partial charge >= 0.3 is 0 Å². The number of aryl methyl sites for hydroxylation is 1. The normalized spacial score (nSPS) is 17.9. The van der Waals surface area contributed by atoms with Gasteiger partial charge in [0.15, 0.2) is 5.82 Å². The van der Waals surface area contributed by atoms with Crippen LogP contribution in [0, 0.1) is 5.92 Å². The van der Waals surface area contributed by atoms with Crippen LogP contribution in [-0.4, -0.2) is 16.7 Å². The van der Waals surface area contributed by atoms with E-state index in [1.165, 1.54) is 30.5 Å². The minimum absolute atomic E-state index is 0.657. The number of nitrogens with one attached hydrogen (secondary N) is 1. The number of hydrogen-bond donors (Lipinski definition) is 1. The molecule has 19 heavy (non-hydrogen) atoms. The predicted molar refractivity (Wildman–Crippen MR) is 73.0 cm³/mol. The molecule has 4 heteroatoms.